The number of likely N-dealkylation sites (tertiary alicyclic amines) is 2. The molecule has 4 aliphatic heterocycles. The molecular weight excluding hydrogens is 494 g/mol. The second kappa shape index (κ2) is 11.1. The maximum atomic E-state index is 12.7. The number of alkyl halides is 2. The number of epoxide rings is 2. The predicted octanol–water partition coefficient (Wildman–Crippen LogP) is 5.13. The molecule has 38 heavy (non-hydrogen) atoms. The minimum atomic E-state index is -2.27. The first-order valence-corrected chi connectivity index (χ1v) is 14.9. The Morgan fingerprint density at radius 3 is 2.45 bits per heavy atom. The average molecular weight is 543 g/mol. The maximum absolute atomic E-state index is 12.7. The number of hydrogen-bond acceptors (Lipinski definition) is 5. The molecule has 1 N–H and O–H groups in total. The van der Waals surface area contributed by atoms with E-state index in [1.54, 1.807) is 12.0 Å². The standard InChI is InChI=1S/C29H48F2N2O5/c1-18(2)5-8-22-28(3,38-22)26-25(36-4)21(9-12-29(26)17-37-29)24-20(15-33(24)27(34)35)7-6-19-10-13-32(14-11-19)16-23(30)31/h18-26H,5-17H2,1-4H3,(H,34,35)/t20-,21-,22-,24?,25+,26-,28+,29?/m1/s1. The van der Waals surface area contributed by atoms with Gasteiger partial charge in [0, 0.05) is 31.5 Å². The van der Waals surface area contributed by atoms with Crippen molar-refractivity contribution < 1.29 is 32.9 Å². The largest absolute Gasteiger partial charge is 0.465 e. The number of hydrogen-bond donors (Lipinski definition) is 1. The highest BCUT2D eigenvalue weighted by atomic mass is 19.3. The molecule has 218 valence electrons. The summed E-state index contributed by atoms with van der Waals surface area (Å²) in [5.41, 5.74) is -0.484. The summed E-state index contributed by atoms with van der Waals surface area (Å²) in [6, 6.07) is -0.0496. The number of halogens is 2. The van der Waals surface area contributed by atoms with Gasteiger partial charge in [-0.1, -0.05) is 13.8 Å². The summed E-state index contributed by atoms with van der Waals surface area (Å²) in [6.45, 7) is 9.35. The Morgan fingerprint density at radius 1 is 1.16 bits per heavy atom. The van der Waals surface area contributed by atoms with E-state index in [4.69, 9.17) is 14.2 Å². The van der Waals surface area contributed by atoms with Crippen molar-refractivity contribution in [2.45, 2.75) is 108 Å². The van der Waals surface area contributed by atoms with Gasteiger partial charge in [-0.15, -0.1) is 0 Å². The van der Waals surface area contributed by atoms with E-state index >= 15 is 0 Å². The summed E-state index contributed by atoms with van der Waals surface area (Å²) in [6.07, 6.45) is 4.90. The number of carboxylic acid groups (broad SMARTS) is 1. The van der Waals surface area contributed by atoms with Gasteiger partial charge in [-0.25, -0.2) is 13.6 Å². The lowest BCUT2D eigenvalue weighted by molar-refractivity contribution is -0.131. The first kappa shape index (κ1) is 28.5. The summed E-state index contributed by atoms with van der Waals surface area (Å²) < 4.78 is 44.3. The number of nitrogens with zero attached hydrogens (tertiary/aromatic N) is 2. The van der Waals surface area contributed by atoms with E-state index in [-0.39, 0.29) is 47.8 Å². The van der Waals surface area contributed by atoms with Gasteiger partial charge in [0.2, 0.25) is 0 Å². The number of amides is 1. The lowest BCUT2D eigenvalue weighted by Crippen LogP contribution is -2.66. The van der Waals surface area contributed by atoms with Crippen LogP contribution in [-0.4, -0.2) is 96.8 Å². The molecule has 0 aromatic carbocycles. The molecule has 7 nitrogen and oxygen atoms in total. The minimum absolute atomic E-state index is 0.0496. The Bertz CT molecular complexity index is 834. The van der Waals surface area contributed by atoms with Crippen LogP contribution in [0.4, 0.5) is 13.6 Å². The quantitative estimate of drug-likeness (QED) is 0.365. The SMILES string of the molecule is CO[C@H]1[C@@H](C2[C@H](CCC3CCN(CC(F)F)CC3)CN2C(=O)O)CCC2(CO2)[C@H]1[C@@]1(C)O[C@@H]1CCC(C)C. The van der Waals surface area contributed by atoms with Crippen LogP contribution < -0.4 is 0 Å². The van der Waals surface area contributed by atoms with E-state index in [1.165, 1.54) is 0 Å². The van der Waals surface area contributed by atoms with Crippen LogP contribution in [0.1, 0.15) is 72.1 Å². The van der Waals surface area contributed by atoms with E-state index in [0.29, 0.717) is 24.3 Å². The zero-order chi connectivity index (χ0) is 27.2. The molecule has 1 amide bonds. The fraction of sp³-hybridized carbons (Fsp3) is 0.966. The van der Waals surface area contributed by atoms with Gasteiger partial charge >= 0.3 is 6.09 Å². The van der Waals surface area contributed by atoms with Crippen LogP contribution in [0.25, 0.3) is 0 Å². The number of piperidine rings is 1. The molecule has 1 spiro atoms. The molecule has 0 bridgehead atoms. The van der Waals surface area contributed by atoms with Crippen molar-refractivity contribution in [3.8, 4) is 0 Å². The van der Waals surface area contributed by atoms with Crippen molar-refractivity contribution in [2.75, 3.05) is 39.9 Å². The van der Waals surface area contributed by atoms with Crippen LogP contribution in [0, 0.1) is 29.6 Å². The van der Waals surface area contributed by atoms with E-state index < -0.39 is 12.5 Å². The van der Waals surface area contributed by atoms with Crippen LogP contribution in [0.2, 0.25) is 0 Å². The molecule has 2 unspecified atom stereocenters. The van der Waals surface area contributed by atoms with E-state index in [9.17, 15) is 18.7 Å². The van der Waals surface area contributed by atoms with Gasteiger partial charge in [0.1, 0.15) is 5.60 Å². The van der Waals surface area contributed by atoms with Gasteiger partial charge in [-0.3, -0.25) is 4.90 Å². The molecule has 0 radical (unpaired) electrons. The molecule has 9 heteroatoms. The molecule has 4 heterocycles. The lowest BCUT2D eigenvalue weighted by atomic mass is 9.60. The van der Waals surface area contributed by atoms with Gasteiger partial charge in [-0.2, -0.15) is 0 Å². The first-order chi connectivity index (χ1) is 18.1. The number of methoxy groups -OCH3 is 1. The molecular formula is C29H48F2N2O5. The summed E-state index contributed by atoms with van der Waals surface area (Å²) in [5, 5.41) is 10.0. The van der Waals surface area contributed by atoms with E-state index in [0.717, 1.165) is 71.1 Å². The second-order valence-corrected chi connectivity index (χ2v) is 13.4. The van der Waals surface area contributed by atoms with E-state index in [2.05, 4.69) is 20.8 Å². The predicted molar refractivity (Wildman–Crippen MR) is 139 cm³/mol. The van der Waals surface area contributed by atoms with Crippen molar-refractivity contribution in [1.82, 2.24) is 9.80 Å². The van der Waals surface area contributed by atoms with Gasteiger partial charge in [0.25, 0.3) is 6.43 Å². The Hall–Kier alpha value is -1.03. The highest BCUT2D eigenvalue weighted by molar-refractivity contribution is 5.67. The molecule has 5 rings (SSSR count). The topological polar surface area (TPSA) is 78.1 Å². The molecule has 4 saturated heterocycles. The third-order valence-corrected chi connectivity index (χ3v) is 10.6. The maximum Gasteiger partial charge on any atom is 0.407 e. The summed E-state index contributed by atoms with van der Waals surface area (Å²) >= 11 is 0. The summed E-state index contributed by atoms with van der Waals surface area (Å²) in [7, 11) is 1.77. The molecule has 0 aromatic rings. The van der Waals surface area contributed by atoms with Crippen LogP contribution in [0.5, 0.6) is 0 Å². The highest BCUT2D eigenvalue weighted by Crippen LogP contribution is 2.62. The molecule has 0 aromatic heterocycles. The second-order valence-electron chi connectivity index (χ2n) is 13.4. The molecule has 1 aliphatic carbocycles. The molecule has 8 atom stereocenters. The molecule has 5 fully saturated rings. The summed E-state index contributed by atoms with van der Waals surface area (Å²) in [4.78, 5) is 15.7. The van der Waals surface area contributed by atoms with Gasteiger partial charge in [-0.05, 0) is 89.1 Å². The number of carbonyl (C=O) groups is 1. The Morgan fingerprint density at radius 2 is 1.87 bits per heavy atom. The van der Waals surface area contributed by atoms with Gasteiger partial charge < -0.3 is 24.2 Å². The highest BCUT2D eigenvalue weighted by Gasteiger charge is 2.72. The fourth-order valence-electron chi connectivity index (χ4n) is 8.34. The van der Waals surface area contributed by atoms with Crippen LogP contribution >= 0.6 is 0 Å². The van der Waals surface area contributed by atoms with Crippen LogP contribution in [0.15, 0.2) is 0 Å². The normalized spacial score (nSPS) is 41.6. The van der Waals surface area contributed by atoms with Crippen LogP contribution in [0.3, 0.4) is 0 Å². The zero-order valence-corrected chi connectivity index (χ0v) is 23.6. The Balaban J connectivity index is 1.24. The third kappa shape index (κ3) is 5.59. The zero-order valence-electron chi connectivity index (χ0n) is 23.6. The number of rotatable bonds is 11. The minimum Gasteiger partial charge on any atom is -0.465 e. The molecule has 1 saturated carbocycles. The Kier molecular flexibility index (Phi) is 8.32. The average Bonchev–Trinajstić information content (AvgIpc) is 3.75. The number of ether oxygens (including phenoxy) is 3. The monoisotopic (exact) mass is 542 g/mol. The lowest BCUT2D eigenvalue weighted by Gasteiger charge is -2.55. The van der Waals surface area contributed by atoms with Crippen molar-refractivity contribution in [3.63, 3.8) is 0 Å². The van der Waals surface area contributed by atoms with Crippen molar-refractivity contribution in [2.24, 2.45) is 29.6 Å². The third-order valence-electron chi connectivity index (χ3n) is 10.6. The van der Waals surface area contributed by atoms with Crippen LogP contribution in [-0.2, 0) is 14.2 Å². The van der Waals surface area contributed by atoms with Crippen molar-refractivity contribution in [1.29, 1.82) is 0 Å². The van der Waals surface area contributed by atoms with Gasteiger partial charge in [0.05, 0.1) is 31.0 Å². The summed E-state index contributed by atoms with van der Waals surface area (Å²) in [5.74, 6) is 1.70. The van der Waals surface area contributed by atoms with Crippen molar-refractivity contribution in [3.05, 3.63) is 0 Å². The van der Waals surface area contributed by atoms with E-state index in [1.807, 2.05) is 4.90 Å². The first-order valence-electron chi connectivity index (χ1n) is 14.9. The smallest absolute Gasteiger partial charge is 0.407 e. The Labute approximate surface area is 226 Å². The fourth-order valence-corrected chi connectivity index (χ4v) is 8.34. The molecule has 5 aliphatic rings. The van der Waals surface area contributed by atoms with Crippen molar-refractivity contribution >= 4 is 6.09 Å². The van der Waals surface area contributed by atoms with Gasteiger partial charge in [0.15, 0.2) is 0 Å².